The van der Waals surface area contributed by atoms with Crippen LogP contribution in [-0.2, 0) is 0 Å². The van der Waals surface area contributed by atoms with E-state index in [1.54, 1.807) is 6.07 Å². The van der Waals surface area contributed by atoms with Crippen LogP contribution < -0.4 is 10.5 Å². The van der Waals surface area contributed by atoms with E-state index < -0.39 is 18.6 Å². The van der Waals surface area contributed by atoms with E-state index in [1.807, 2.05) is 0 Å². The molecular formula is C11H14F3NO2. The Morgan fingerprint density at radius 2 is 2.06 bits per heavy atom. The first kappa shape index (κ1) is 13.6. The molecule has 0 radical (unpaired) electrons. The number of phenols is 1. The maximum absolute atomic E-state index is 12.0. The number of benzene rings is 1. The Morgan fingerprint density at radius 3 is 2.53 bits per heavy atom. The molecule has 3 N–H and O–H groups in total. The average Bonchev–Trinajstić information content (AvgIpc) is 2.24. The molecule has 0 aliphatic carbocycles. The highest BCUT2D eigenvalue weighted by molar-refractivity contribution is 5.41. The van der Waals surface area contributed by atoms with Crippen molar-refractivity contribution in [2.75, 3.05) is 7.11 Å². The van der Waals surface area contributed by atoms with Crippen molar-refractivity contribution in [3.63, 3.8) is 0 Å². The van der Waals surface area contributed by atoms with Crippen LogP contribution in [0.1, 0.15) is 24.4 Å². The number of alkyl halides is 3. The zero-order valence-corrected chi connectivity index (χ0v) is 9.29. The van der Waals surface area contributed by atoms with Gasteiger partial charge < -0.3 is 15.6 Å². The number of aromatic hydroxyl groups is 1. The lowest BCUT2D eigenvalue weighted by Crippen LogP contribution is -2.15. The monoisotopic (exact) mass is 249 g/mol. The van der Waals surface area contributed by atoms with Gasteiger partial charge in [0.25, 0.3) is 0 Å². The summed E-state index contributed by atoms with van der Waals surface area (Å²) in [6.07, 6.45) is -5.47. The zero-order valence-electron chi connectivity index (χ0n) is 9.29. The highest BCUT2D eigenvalue weighted by Gasteiger charge is 2.28. The van der Waals surface area contributed by atoms with E-state index >= 15 is 0 Å². The summed E-state index contributed by atoms with van der Waals surface area (Å²) in [6.45, 7) is 0. The Kier molecular flexibility index (Phi) is 4.22. The summed E-state index contributed by atoms with van der Waals surface area (Å²) < 4.78 is 40.9. The van der Waals surface area contributed by atoms with Crippen molar-refractivity contribution in [2.45, 2.75) is 25.1 Å². The Bertz CT molecular complexity index is 379. The second-order valence-electron chi connectivity index (χ2n) is 3.69. The first-order valence-electron chi connectivity index (χ1n) is 5.02. The molecule has 0 unspecified atom stereocenters. The summed E-state index contributed by atoms with van der Waals surface area (Å²) in [4.78, 5) is 0. The summed E-state index contributed by atoms with van der Waals surface area (Å²) in [5, 5.41) is 9.58. The fourth-order valence-corrected chi connectivity index (χ4v) is 1.44. The Morgan fingerprint density at radius 1 is 1.41 bits per heavy atom. The predicted octanol–water partition coefficient (Wildman–Crippen LogP) is 2.74. The second kappa shape index (κ2) is 5.27. The van der Waals surface area contributed by atoms with Crippen LogP contribution >= 0.6 is 0 Å². The molecule has 1 aromatic rings. The summed E-state index contributed by atoms with van der Waals surface area (Å²) >= 11 is 0. The van der Waals surface area contributed by atoms with Gasteiger partial charge >= 0.3 is 6.18 Å². The van der Waals surface area contributed by atoms with Gasteiger partial charge in [-0.15, -0.1) is 0 Å². The van der Waals surface area contributed by atoms with Crippen LogP contribution in [0, 0.1) is 0 Å². The Labute approximate surface area is 97.0 Å². The van der Waals surface area contributed by atoms with Gasteiger partial charge in [-0.2, -0.15) is 13.2 Å². The minimum atomic E-state index is -4.24. The largest absolute Gasteiger partial charge is 0.507 e. The van der Waals surface area contributed by atoms with Crippen molar-refractivity contribution in [1.82, 2.24) is 0 Å². The highest BCUT2D eigenvalue weighted by Crippen LogP contribution is 2.32. The Hall–Kier alpha value is -1.43. The van der Waals surface area contributed by atoms with Crippen LogP contribution in [0.5, 0.6) is 11.5 Å². The standard InChI is InChI=1S/C11H14F3NO2/c1-17-7-2-3-8(10(16)6-7)9(15)4-5-11(12,13)14/h2-3,6,9,16H,4-5,15H2,1H3/t9-/m1/s1. The summed E-state index contributed by atoms with van der Waals surface area (Å²) in [5.74, 6) is 0.272. The minimum Gasteiger partial charge on any atom is -0.507 e. The minimum absolute atomic E-state index is 0.154. The maximum Gasteiger partial charge on any atom is 0.389 e. The average molecular weight is 249 g/mol. The number of nitrogens with two attached hydrogens (primary N) is 1. The van der Waals surface area contributed by atoms with E-state index in [4.69, 9.17) is 10.5 Å². The van der Waals surface area contributed by atoms with Crippen molar-refractivity contribution >= 4 is 0 Å². The van der Waals surface area contributed by atoms with E-state index in [1.165, 1.54) is 19.2 Å². The molecule has 3 nitrogen and oxygen atoms in total. The molecule has 0 aromatic heterocycles. The summed E-state index contributed by atoms with van der Waals surface area (Å²) in [6, 6.07) is 3.49. The van der Waals surface area contributed by atoms with Crippen LogP contribution in [0.3, 0.4) is 0 Å². The maximum atomic E-state index is 12.0. The van der Waals surface area contributed by atoms with E-state index in [9.17, 15) is 18.3 Å². The third-order valence-corrected chi connectivity index (χ3v) is 2.38. The number of hydrogen-bond acceptors (Lipinski definition) is 3. The molecular weight excluding hydrogens is 235 g/mol. The third kappa shape index (κ3) is 4.14. The molecule has 0 fully saturated rings. The number of hydrogen-bond donors (Lipinski definition) is 2. The quantitative estimate of drug-likeness (QED) is 0.862. The lowest BCUT2D eigenvalue weighted by molar-refractivity contribution is -0.136. The molecule has 0 heterocycles. The van der Waals surface area contributed by atoms with Gasteiger partial charge in [-0.25, -0.2) is 0 Å². The molecule has 0 bridgehead atoms. The van der Waals surface area contributed by atoms with E-state index in [2.05, 4.69) is 0 Å². The van der Waals surface area contributed by atoms with Crippen LogP contribution in [0.25, 0.3) is 0 Å². The fourth-order valence-electron chi connectivity index (χ4n) is 1.44. The summed E-state index contributed by atoms with van der Waals surface area (Å²) in [5.41, 5.74) is 5.88. The second-order valence-corrected chi connectivity index (χ2v) is 3.69. The number of methoxy groups -OCH3 is 1. The lowest BCUT2D eigenvalue weighted by atomic mass is 10.0. The normalized spacial score (nSPS) is 13.5. The zero-order chi connectivity index (χ0) is 13.1. The molecule has 96 valence electrons. The van der Waals surface area contributed by atoms with Crippen molar-refractivity contribution in [3.05, 3.63) is 23.8 Å². The molecule has 0 saturated heterocycles. The molecule has 1 atom stereocenters. The number of rotatable bonds is 4. The van der Waals surface area contributed by atoms with Gasteiger partial charge in [-0.05, 0) is 12.5 Å². The molecule has 0 spiro atoms. The van der Waals surface area contributed by atoms with Crippen molar-refractivity contribution < 1.29 is 23.0 Å². The summed E-state index contributed by atoms with van der Waals surface area (Å²) in [7, 11) is 1.43. The third-order valence-electron chi connectivity index (χ3n) is 2.38. The predicted molar refractivity (Wildman–Crippen MR) is 56.9 cm³/mol. The first-order chi connectivity index (χ1) is 7.83. The molecule has 0 aliphatic heterocycles. The molecule has 17 heavy (non-hydrogen) atoms. The number of ether oxygens (including phenoxy) is 1. The van der Waals surface area contributed by atoms with Gasteiger partial charge in [-0.3, -0.25) is 0 Å². The van der Waals surface area contributed by atoms with E-state index in [-0.39, 0.29) is 17.7 Å². The van der Waals surface area contributed by atoms with Crippen molar-refractivity contribution in [2.24, 2.45) is 5.73 Å². The fraction of sp³-hybridized carbons (Fsp3) is 0.455. The van der Waals surface area contributed by atoms with Gasteiger partial charge in [0, 0.05) is 24.1 Å². The first-order valence-corrected chi connectivity index (χ1v) is 5.02. The van der Waals surface area contributed by atoms with Gasteiger partial charge in [0.2, 0.25) is 0 Å². The molecule has 0 saturated carbocycles. The lowest BCUT2D eigenvalue weighted by Gasteiger charge is -2.15. The molecule has 6 heteroatoms. The topological polar surface area (TPSA) is 55.5 Å². The van der Waals surface area contributed by atoms with Crippen LogP contribution in [-0.4, -0.2) is 18.4 Å². The van der Waals surface area contributed by atoms with Crippen molar-refractivity contribution in [3.8, 4) is 11.5 Å². The molecule has 0 aliphatic rings. The SMILES string of the molecule is COc1ccc([C@H](N)CCC(F)(F)F)c(O)c1. The van der Waals surface area contributed by atoms with Crippen LogP contribution in [0.2, 0.25) is 0 Å². The van der Waals surface area contributed by atoms with Crippen molar-refractivity contribution in [1.29, 1.82) is 0 Å². The molecule has 1 aromatic carbocycles. The Balaban J connectivity index is 2.72. The van der Waals surface area contributed by atoms with Gasteiger partial charge in [-0.1, -0.05) is 6.07 Å². The van der Waals surface area contributed by atoms with Crippen LogP contribution in [0.4, 0.5) is 13.2 Å². The number of halogens is 3. The van der Waals surface area contributed by atoms with E-state index in [0.717, 1.165) is 0 Å². The van der Waals surface area contributed by atoms with Gasteiger partial charge in [0.05, 0.1) is 7.11 Å². The van der Waals surface area contributed by atoms with E-state index in [0.29, 0.717) is 5.75 Å². The molecule has 1 rings (SSSR count). The van der Waals surface area contributed by atoms with Gasteiger partial charge in [0.1, 0.15) is 11.5 Å². The highest BCUT2D eigenvalue weighted by atomic mass is 19.4. The van der Waals surface area contributed by atoms with Gasteiger partial charge in [0.15, 0.2) is 0 Å². The molecule has 0 amide bonds. The van der Waals surface area contributed by atoms with Crippen LogP contribution in [0.15, 0.2) is 18.2 Å². The smallest absolute Gasteiger partial charge is 0.389 e. The number of phenolic OH excluding ortho intramolecular Hbond substituents is 1.